The Balaban J connectivity index is 2.94. The predicted molar refractivity (Wildman–Crippen MR) is 65.6 cm³/mol. The van der Waals surface area contributed by atoms with Crippen LogP contribution in [0.4, 0.5) is 5.69 Å². The molecular formula is C13H21NO. The van der Waals surface area contributed by atoms with Crippen LogP contribution in [0.3, 0.4) is 0 Å². The van der Waals surface area contributed by atoms with E-state index in [1.807, 2.05) is 0 Å². The van der Waals surface area contributed by atoms with Crippen LogP contribution in [-0.2, 0) is 0 Å². The smallest absolute Gasteiger partial charge is 0.0447 e. The molecule has 0 aliphatic rings. The van der Waals surface area contributed by atoms with Gasteiger partial charge >= 0.3 is 0 Å². The molecular weight excluding hydrogens is 186 g/mol. The Bertz CT molecular complexity index is 319. The van der Waals surface area contributed by atoms with Gasteiger partial charge in [0.25, 0.3) is 0 Å². The van der Waals surface area contributed by atoms with E-state index in [9.17, 15) is 0 Å². The van der Waals surface area contributed by atoms with Crippen molar-refractivity contribution in [2.24, 2.45) is 0 Å². The first-order valence-corrected chi connectivity index (χ1v) is 5.50. The number of hydrogen-bond acceptors (Lipinski definition) is 2. The molecule has 0 aromatic heterocycles. The second kappa shape index (κ2) is 5.17. The van der Waals surface area contributed by atoms with Crippen LogP contribution in [0, 0.1) is 27.7 Å². The second-order valence-corrected chi connectivity index (χ2v) is 4.14. The van der Waals surface area contributed by atoms with Crippen LogP contribution in [-0.4, -0.2) is 18.3 Å². The van der Waals surface area contributed by atoms with Crippen molar-refractivity contribution in [1.82, 2.24) is 0 Å². The van der Waals surface area contributed by atoms with Crippen molar-refractivity contribution in [3.05, 3.63) is 28.3 Å². The summed E-state index contributed by atoms with van der Waals surface area (Å²) in [6.07, 6.45) is 0.797. The summed E-state index contributed by atoms with van der Waals surface area (Å²) in [5.74, 6) is 0. The van der Waals surface area contributed by atoms with Gasteiger partial charge in [0.05, 0.1) is 0 Å². The third-order valence-electron chi connectivity index (χ3n) is 3.00. The van der Waals surface area contributed by atoms with E-state index in [1.165, 1.54) is 27.9 Å². The maximum absolute atomic E-state index is 8.75. The molecule has 0 unspecified atom stereocenters. The summed E-state index contributed by atoms with van der Waals surface area (Å²) < 4.78 is 0. The maximum atomic E-state index is 8.75. The zero-order valence-corrected chi connectivity index (χ0v) is 10.1. The average molecular weight is 207 g/mol. The molecule has 1 aromatic rings. The van der Waals surface area contributed by atoms with Gasteiger partial charge in [-0.05, 0) is 56.4 Å². The monoisotopic (exact) mass is 207 g/mol. The lowest BCUT2D eigenvalue weighted by atomic mass is 9.98. The summed E-state index contributed by atoms with van der Waals surface area (Å²) >= 11 is 0. The molecule has 2 nitrogen and oxygen atoms in total. The average Bonchev–Trinajstić information content (AvgIpc) is 2.20. The van der Waals surface area contributed by atoms with E-state index in [0.29, 0.717) is 0 Å². The van der Waals surface area contributed by atoms with Gasteiger partial charge in [-0.1, -0.05) is 6.07 Å². The van der Waals surface area contributed by atoms with Crippen LogP contribution in [0.1, 0.15) is 28.7 Å². The summed E-state index contributed by atoms with van der Waals surface area (Å²) in [7, 11) is 0. The first-order chi connectivity index (χ1) is 7.07. The minimum atomic E-state index is 0.246. The highest BCUT2D eigenvalue weighted by Crippen LogP contribution is 2.26. The van der Waals surface area contributed by atoms with Gasteiger partial charge in [0, 0.05) is 18.8 Å². The van der Waals surface area contributed by atoms with E-state index in [0.717, 1.165) is 13.0 Å². The summed E-state index contributed by atoms with van der Waals surface area (Å²) in [6, 6.07) is 2.22. The quantitative estimate of drug-likeness (QED) is 0.744. The molecule has 0 heterocycles. The molecule has 2 N–H and O–H groups in total. The largest absolute Gasteiger partial charge is 0.396 e. The molecule has 1 rings (SSSR count). The van der Waals surface area contributed by atoms with Gasteiger partial charge in [-0.2, -0.15) is 0 Å². The summed E-state index contributed by atoms with van der Waals surface area (Å²) in [6.45, 7) is 9.64. The van der Waals surface area contributed by atoms with Crippen molar-refractivity contribution in [3.63, 3.8) is 0 Å². The van der Waals surface area contributed by atoms with E-state index >= 15 is 0 Å². The molecule has 0 bridgehead atoms. The molecule has 0 saturated heterocycles. The lowest BCUT2D eigenvalue weighted by molar-refractivity contribution is 0.292. The SMILES string of the molecule is Cc1cc(C)c(C)c(NCCCO)c1C. The van der Waals surface area contributed by atoms with Crippen LogP contribution < -0.4 is 5.32 Å². The fourth-order valence-electron chi connectivity index (χ4n) is 1.77. The van der Waals surface area contributed by atoms with Gasteiger partial charge < -0.3 is 10.4 Å². The minimum Gasteiger partial charge on any atom is -0.396 e. The molecule has 0 radical (unpaired) electrons. The molecule has 0 saturated carbocycles. The molecule has 0 fully saturated rings. The number of rotatable bonds is 4. The predicted octanol–water partition coefficient (Wildman–Crippen LogP) is 2.71. The van der Waals surface area contributed by atoms with Crippen LogP contribution in [0.15, 0.2) is 6.07 Å². The van der Waals surface area contributed by atoms with Crippen LogP contribution in [0.25, 0.3) is 0 Å². The first-order valence-electron chi connectivity index (χ1n) is 5.50. The number of aryl methyl sites for hydroxylation is 2. The van der Waals surface area contributed by atoms with Gasteiger partial charge in [0.1, 0.15) is 0 Å². The van der Waals surface area contributed by atoms with Crippen molar-refractivity contribution in [1.29, 1.82) is 0 Å². The highest BCUT2D eigenvalue weighted by atomic mass is 16.3. The van der Waals surface area contributed by atoms with Gasteiger partial charge in [-0.3, -0.25) is 0 Å². The molecule has 2 heteroatoms. The van der Waals surface area contributed by atoms with E-state index in [2.05, 4.69) is 39.1 Å². The number of benzene rings is 1. The maximum Gasteiger partial charge on any atom is 0.0447 e. The van der Waals surface area contributed by atoms with Crippen LogP contribution in [0.2, 0.25) is 0 Å². The molecule has 0 atom stereocenters. The van der Waals surface area contributed by atoms with Gasteiger partial charge in [-0.15, -0.1) is 0 Å². The Hall–Kier alpha value is -1.02. The van der Waals surface area contributed by atoms with Gasteiger partial charge in [0.2, 0.25) is 0 Å². The molecule has 1 aromatic carbocycles. The van der Waals surface area contributed by atoms with Crippen molar-refractivity contribution in [2.45, 2.75) is 34.1 Å². The standard InChI is InChI=1S/C13H21NO/c1-9-8-10(2)12(4)13(11(9)3)14-6-5-7-15/h8,14-15H,5-7H2,1-4H3. The highest BCUT2D eigenvalue weighted by Gasteiger charge is 2.07. The van der Waals surface area contributed by atoms with Crippen LogP contribution >= 0.6 is 0 Å². The van der Waals surface area contributed by atoms with Crippen molar-refractivity contribution in [3.8, 4) is 0 Å². The zero-order chi connectivity index (χ0) is 11.4. The molecule has 0 spiro atoms. The third kappa shape index (κ3) is 2.72. The van der Waals surface area contributed by atoms with E-state index < -0.39 is 0 Å². The number of aliphatic hydroxyl groups is 1. The van der Waals surface area contributed by atoms with E-state index in [-0.39, 0.29) is 6.61 Å². The Labute approximate surface area is 92.3 Å². The van der Waals surface area contributed by atoms with E-state index in [4.69, 9.17) is 5.11 Å². The summed E-state index contributed by atoms with van der Waals surface area (Å²) in [5, 5.41) is 12.2. The topological polar surface area (TPSA) is 32.3 Å². The third-order valence-corrected chi connectivity index (χ3v) is 3.00. The Morgan fingerprint density at radius 2 is 1.60 bits per heavy atom. The second-order valence-electron chi connectivity index (χ2n) is 4.14. The van der Waals surface area contributed by atoms with Gasteiger partial charge in [-0.25, -0.2) is 0 Å². The van der Waals surface area contributed by atoms with Crippen molar-refractivity contribution >= 4 is 5.69 Å². The summed E-state index contributed by atoms with van der Waals surface area (Å²) in [5.41, 5.74) is 6.52. The number of hydrogen-bond donors (Lipinski definition) is 2. The lowest BCUT2D eigenvalue weighted by Crippen LogP contribution is -2.07. The molecule has 0 aliphatic heterocycles. The highest BCUT2D eigenvalue weighted by molar-refractivity contribution is 5.62. The molecule has 15 heavy (non-hydrogen) atoms. The fourth-order valence-corrected chi connectivity index (χ4v) is 1.77. The van der Waals surface area contributed by atoms with E-state index in [1.54, 1.807) is 0 Å². The van der Waals surface area contributed by atoms with Crippen molar-refractivity contribution < 1.29 is 5.11 Å². The Morgan fingerprint density at radius 1 is 1.07 bits per heavy atom. The lowest BCUT2D eigenvalue weighted by Gasteiger charge is -2.16. The molecule has 84 valence electrons. The Morgan fingerprint density at radius 3 is 2.07 bits per heavy atom. The fraction of sp³-hybridized carbons (Fsp3) is 0.538. The number of aliphatic hydroxyl groups excluding tert-OH is 1. The molecule has 0 amide bonds. The van der Waals surface area contributed by atoms with Crippen LogP contribution in [0.5, 0.6) is 0 Å². The first kappa shape index (κ1) is 12.1. The number of anilines is 1. The Kier molecular flexibility index (Phi) is 4.15. The summed E-state index contributed by atoms with van der Waals surface area (Å²) in [4.78, 5) is 0. The van der Waals surface area contributed by atoms with Gasteiger partial charge in [0.15, 0.2) is 0 Å². The van der Waals surface area contributed by atoms with Crippen molar-refractivity contribution in [2.75, 3.05) is 18.5 Å². The normalized spacial score (nSPS) is 10.5. The zero-order valence-electron chi connectivity index (χ0n) is 10.1. The number of nitrogens with one attached hydrogen (secondary N) is 1. The minimum absolute atomic E-state index is 0.246. The molecule has 0 aliphatic carbocycles.